The molecule has 0 aromatic heterocycles. The van der Waals surface area contributed by atoms with Crippen LogP contribution in [0.4, 0.5) is 0 Å². The van der Waals surface area contributed by atoms with Crippen molar-refractivity contribution < 1.29 is 19.1 Å². The molecule has 3 aromatic carbocycles. The Hall–Kier alpha value is -3.14. The first-order chi connectivity index (χ1) is 16.4. The summed E-state index contributed by atoms with van der Waals surface area (Å²) in [4.78, 5) is 24.4. The molecule has 34 heavy (non-hydrogen) atoms. The number of hydrogen-bond acceptors (Lipinski definition) is 5. The molecular formula is C24H21BrClN3O4S. The summed E-state index contributed by atoms with van der Waals surface area (Å²) in [6.45, 7) is 0.210. The molecular weight excluding hydrogens is 542 g/mol. The second-order valence-electron chi connectivity index (χ2n) is 6.93. The summed E-state index contributed by atoms with van der Waals surface area (Å²) in [6, 6.07) is 21.7. The van der Waals surface area contributed by atoms with Crippen molar-refractivity contribution >= 4 is 56.7 Å². The van der Waals surface area contributed by atoms with Gasteiger partial charge in [-0.05, 0) is 70.1 Å². The lowest BCUT2D eigenvalue weighted by atomic mass is 10.2. The van der Waals surface area contributed by atoms with E-state index in [1.165, 1.54) is 5.56 Å². The molecule has 0 saturated heterocycles. The van der Waals surface area contributed by atoms with Gasteiger partial charge in [0.2, 0.25) is 0 Å². The van der Waals surface area contributed by atoms with Crippen LogP contribution in [0.3, 0.4) is 0 Å². The monoisotopic (exact) mass is 561 g/mol. The van der Waals surface area contributed by atoms with E-state index in [1.807, 2.05) is 30.3 Å². The van der Waals surface area contributed by atoms with Crippen molar-refractivity contribution in [3.8, 4) is 11.5 Å². The second kappa shape index (κ2) is 12.9. The highest BCUT2D eigenvalue weighted by atomic mass is 79.9. The smallest absolute Gasteiger partial charge is 0.276 e. The average molecular weight is 563 g/mol. The van der Waals surface area contributed by atoms with Crippen LogP contribution in [0.1, 0.15) is 15.9 Å². The van der Waals surface area contributed by atoms with E-state index in [-0.39, 0.29) is 11.7 Å². The maximum atomic E-state index is 12.5. The first-order valence-electron chi connectivity index (χ1n) is 10.2. The van der Waals surface area contributed by atoms with Crippen LogP contribution in [0.25, 0.3) is 0 Å². The first kappa shape index (κ1) is 25.5. The zero-order valence-electron chi connectivity index (χ0n) is 17.8. The molecule has 0 aliphatic rings. The molecule has 0 saturated carbocycles. The number of hydrogen-bond donors (Lipinski definition) is 3. The summed E-state index contributed by atoms with van der Waals surface area (Å²) in [6.07, 6.45) is 0.754. The lowest BCUT2D eigenvalue weighted by Gasteiger charge is -2.12. The van der Waals surface area contributed by atoms with Crippen LogP contribution in [0, 0.1) is 0 Å². The van der Waals surface area contributed by atoms with Crippen LogP contribution in [0.5, 0.6) is 11.5 Å². The molecule has 0 heterocycles. The molecule has 0 aliphatic carbocycles. The van der Waals surface area contributed by atoms with Gasteiger partial charge >= 0.3 is 0 Å². The standard InChI is InChI=1S/C24H21BrClN3O4S/c25-20-14-18(26)9-10-21(20)33-15-22(30)28-29-24(34)27-23(31)17-7-4-8-19(13-17)32-12-11-16-5-2-1-3-6-16/h1-10,13-14H,11-12,15H2,(H,28,30)(H2,27,29,31,34). The fourth-order valence-electron chi connectivity index (χ4n) is 2.76. The van der Waals surface area contributed by atoms with Gasteiger partial charge in [0, 0.05) is 17.0 Å². The number of rotatable bonds is 8. The summed E-state index contributed by atoms with van der Waals surface area (Å²) in [5.74, 6) is 0.0939. The van der Waals surface area contributed by atoms with Crippen LogP contribution in [-0.2, 0) is 11.2 Å². The number of nitrogens with one attached hydrogen (secondary N) is 3. The van der Waals surface area contributed by atoms with E-state index >= 15 is 0 Å². The number of carbonyl (C=O) groups excluding carboxylic acids is 2. The maximum absolute atomic E-state index is 12.5. The molecule has 0 fully saturated rings. The number of benzene rings is 3. The average Bonchev–Trinajstić information content (AvgIpc) is 2.83. The van der Waals surface area contributed by atoms with Crippen LogP contribution >= 0.6 is 39.7 Å². The van der Waals surface area contributed by atoms with E-state index in [2.05, 4.69) is 32.1 Å². The Balaban J connectivity index is 1.40. The first-order valence-corrected chi connectivity index (χ1v) is 11.7. The van der Waals surface area contributed by atoms with Gasteiger partial charge < -0.3 is 9.47 Å². The zero-order chi connectivity index (χ0) is 24.3. The summed E-state index contributed by atoms with van der Waals surface area (Å²) >= 11 is 14.2. The van der Waals surface area contributed by atoms with Gasteiger partial charge in [0.15, 0.2) is 11.7 Å². The van der Waals surface area contributed by atoms with Gasteiger partial charge in [-0.25, -0.2) is 0 Å². The largest absolute Gasteiger partial charge is 0.493 e. The molecule has 2 amide bonds. The number of amides is 2. The van der Waals surface area contributed by atoms with Crippen molar-refractivity contribution in [3.63, 3.8) is 0 Å². The van der Waals surface area contributed by atoms with Gasteiger partial charge in [0.25, 0.3) is 11.8 Å². The van der Waals surface area contributed by atoms with Crippen molar-refractivity contribution in [2.45, 2.75) is 6.42 Å². The minimum absolute atomic E-state index is 0.0681. The minimum Gasteiger partial charge on any atom is -0.493 e. The molecule has 0 bridgehead atoms. The lowest BCUT2D eigenvalue weighted by Crippen LogP contribution is -2.49. The summed E-state index contributed by atoms with van der Waals surface area (Å²) in [7, 11) is 0. The molecule has 3 rings (SSSR count). The topological polar surface area (TPSA) is 88.7 Å². The van der Waals surface area contributed by atoms with Gasteiger partial charge in [-0.2, -0.15) is 0 Å². The van der Waals surface area contributed by atoms with Gasteiger partial charge in [0.05, 0.1) is 11.1 Å². The fourth-order valence-corrected chi connectivity index (χ4v) is 3.70. The zero-order valence-corrected chi connectivity index (χ0v) is 21.0. The third-order valence-electron chi connectivity index (χ3n) is 4.39. The van der Waals surface area contributed by atoms with E-state index in [9.17, 15) is 9.59 Å². The molecule has 7 nitrogen and oxygen atoms in total. The van der Waals surface area contributed by atoms with E-state index in [0.717, 1.165) is 6.42 Å². The van der Waals surface area contributed by atoms with Gasteiger partial charge in [-0.3, -0.25) is 25.8 Å². The van der Waals surface area contributed by atoms with Crippen LogP contribution in [0.2, 0.25) is 5.02 Å². The Kier molecular flexibility index (Phi) is 9.69. The van der Waals surface area contributed by atoms with Gasteiger partial charge in [0.1, 0.15) is 11.5 Å². The van der Waals surface area contributed by atoms with Crippen LogP contribution < -0.4 is 25.6 Å². The number of halogens is 2. The van der Waals surface area contributed by atoms with Crippen molar-refractivity contribution in [1.29, 1.82) is 0 Å². The Morgan fingerprint density at radius 1 is 0.941 bits per heavy atom. The van der Waals surface area contributed by atoms with Crippen LogP contribution in [0.15, 0.2) is 77.3 Å². The van der Waals surface area contributed by atoms with Gasteiger partial charge in [-0.1, -0.05) is 48.0 Å². The van der Waals surface area contributed by atoms with E-state index in [1.54, 1.807) is 42.5 Å². The molecule has 10 heteroatoms. The number of ether oxygens (including phenoxy) is 2. The molecule has 3 aromatic rings. The Bertz CT molecular complexity index is 1160. The molecule has 3 N–H and O–H groups in total. The second-order valence-corrected chi connectivity index (χ2v) is 8.63. The number of thiocarbonyl (C=S) groups is 1. The predicted molar refractivity (Wildman–Crippen MR) is 138 cm³/mol. The minimum atomic E-state index is -0.493. The number of hydrazine groups is 1. The SMILES string of the molecule is O=C(COc1ccc(Cl)cc1Br)NNC(=S)NC(=O)c1cccc(OCCc2ccccc2)c1. The van der Waals surface area contributed by atoms with Crippen molar-refractivity contribution in [1.82, 2.24) is 16.2 Å². The summed E-state index contributed by atoms with van der Waals surface area (Å²) < 4.78 is 11.8. The lowest BCUT2D eigenvalue weighted by molar-refractivity contribution is -0.123. The van der Waals surface area contributed by atoms with E-state index in [4.69, 9.17) is 33.3 Å². The van der Waals surface area contributed by atoms with Crippen molar-refractivity contribution in [3.05, 3.63) is 93.4 Å². The predicted octanol–water partition coefficient (Wildman–Crippen LogP) is 4.44. The molecule has 0 aliphatic heterocycles. The van der Waals surface area contributed by atoms with E-state index < -0.39 is 11.8 Å². The van der Waals surface area contributed by atoms with Crippen molar-refractivity contribution in [2.24, 2.45) is 0 Å². The third kappa shape index (κ3) is 8.33. The van der Waals surface area contributed by atoms with E-state index in [0.29, 0.717) is 33.2 Å². The molecule has 0 spiro atoms. The maximum Gasteiger partial charge on any atom is 0.276 e. The summed E-state index contributed by atoms with van der Waals surface area (Å²) in [5, 5.41) is 2.97. The highest BCUT2D eigenvalue weighted by Gasteiger charge is 2.11. The summed E-state index contributed by atoms with van der Waals surface area (Å²) in [5.41, 5.74) is 6.36. The third-order valence-corrected chi connectivity index (χ3v) is 5.45. The normalized spacial score (nSPS) is 10.2. The number of carbonyl (C=O) groups is 2. The highest BCUT2D eigenvalue weighted by molar-refractivity contribution is 9.10. The van der Waals surface area contributed by atoms with Crippen molar-refractivity contribution in [2.75, 3.05) is 13.2 Å². The molecule has 0 unspecified atom stereocenters. The molecule has 0 radical (unpaired) electrons. The van der Waals surface area contributed by atoms with Gasteiger partial charge in [-0.15, -0.1) is 0 Å². The highest BCUT2D eigenvalue weighted by Crippen LogP contribution is 2.27. The quantitative estimate of drug-likeness (QED) is 0.278. The Morgan fingerprint density at radius 3 is 2.50 bits per heavy atom. The molecule has 176 valence electrons. The Morgan fingerprint density at radius 2 is 1.74 bits per heavy atom. The van der Waals surface area contributed by atoms with Crippen LogP contribution in [-0.4, -0.2) is 30.1 Å². The fraction of sp³-hybridized carbons (Fsp3) is 0.125. The molecule has 0 atom stereocenters. The Labute approximate surface area is 215 Å².